The Balaban J connectivity index is 2.09. The lowest BCUT2D eigenvalue weighted by Gasteiger charge is -2.36. The summed E-state index contributed by atoms with van der Waals surface area (Å²) in [5.41, 5.74) is 0.972. The molecular formula is C18H21N3O5S. The van der Waals surface area contributed by atoms with Gasteiger partial charge in [-0.2, -0.15) is 4.31 Å². The van der Waals surface area contributed by atoms with Crippen LogP contribution in [-0.2, 0) is 10.0 Å². The van der Waals surface area contributed by atoms with Crippen molar-refractivity contribution in [3.8, 4) is 5.75 Å². The van der Waals surface area contributed by atoms with Crippen LogP contribution in [0.4, 0.5) is 5.69 Å². The molecule has 0 spiro atoms. The lowest BCUT2D eigenvalue weighted by molar-refractivity contribution is -0.385. The molecule has 1 heterocycles. The van der Waals surface area contributed by atoms with Crippen LogP contribution in [-0.4, -0.2) is 44.4 Å². The van der Waals surface area contributed by atoms with Gasteiger partial charge in [0.2, 0.25) is 10.0 Å². The minimum Gasteiger partial charge on any atom is -0.496 e. The number of aryl methyl sites for hydroxylation is 1. The predicted molar refractivity (Wildman–Crippen MR) is 100 cm³/mol. The SMILES string of the molecule is COc1ccccc1C1CNCCN1S(=O)(=O)c1cc([N+](=O)[O-])ccc1C. The number of nitro benzene ring substituents is 1. The summed E-state index contributed by atoms with van der Waals surface area (Å²) >= 11 is 0. The van der Waals surface area contributed by atoms with Gasteiger partial charge in [-0.3, -0.25) is 10.1 Å². The number of para-hydroxylation sites is 1. The Morgan fingerprint density at radius 2 is 2.00 bits per heavy atom. The summed E-state index contributed by atoms with van der Waals surface area (Å²) < 4.78 is 33.6. The number of non-ortho nitro benzene ring substituents is 1. The van der Waals surface area contributed by atoms with Crippen molar-refractivity contribution in [2.45, 2.75) is 17.9 Å². The van der Waals surface area contributed by atoms with Crippen LogP contribution in [0.2, 0.25) is 0 Å². The van der Waals surface area contributed by atoms with Gasteiger partial charge in [-0.15, -0.1) is 0 Å². The van der Waals surface area contributed by atoms with Crippen molar-refractivity contribution in [2.75, 3.05) is 26.7 Å². The second kappa shape index (κ2) is 7.63. The third kappa shape index (κ3) is 3.66. The predicted octanol–water partition coefficient (Wildman–Crippen LogP) is 2.25. The molecule has 1 atom stereocenters. The van der Waals surface area contributed by atoms with Crippen molar-refractivity contribution in [3.63, 3.8) is 0 Å². The molecule has 2 aromatic rings. The highest BCUT2D eigenvalue weighted by Gasteiger charge is 2.37. The summed E-state index contributed by atoms with van der Waals surface area (Å²) in [6, 6.07) is 10.7. The summed E-state index contributed by atoms with van der Waals surface area (Å²) in [4.78, 5) is 10.5. The lowest BCUT2D eigenvalue weighted by Crippen LogP contribution is -2.48. The van der Waals surface area contributed by atoms with Gasteiger partial charge in [-0.1, -0.05) is 24.3 Å². The highest BCUT2D eigenvalue weighted by Crippen LogP contribution is 2.35. The summed E-state index contributed by atoms with van der Waals surface area (Å²) in [5, 5.41) is 14.3. The monoisotopic (exact) mass is 391 g/mol. The van der Waals surface area contributed by atoms with Crippen LogP contribution >= 0.6 is 0 Å². The molecule has 144 valence electrons. The number of ether oxygens (including phenoxy) is 1. The molecule has 1 fully saturated rings. The second-order valence-corrected chi connectivity index (χ2v) is 8.14. The van der Waals surface area contributed by atoms with Gasteiger partial charge < -0.3 is 10.1 Å². The first-order valence-corrected chi connectivity index (χ1v) is 9.91. The Labute approximate surface area is 158 Å². The lowest BCUT2D eigenvalue weighted by atomic mass is 10.0. The smallest absolute Gasteiger partial charge is 0.270 e. The van der Waals surface area contributed by atoms with E-state index in [-0.39, 0.29) is 17.1 Å². The van der Waals surface area contributed by atoms with E-state index in [2.05, 4.69) is 5.32 Å². The molecule has 1 unspecified atom stereocenters. The standard InChI is InChI=1S/C18H21N3O5S/c1-13-7-8-14(21(22)23)11-18(13)27(24,25)20-10-9-19-12-16(20)15-5-3-4-6-17(15)26-2/h3-8,11,16,19H,9-10,12H2,1-2H3. The first kappa shape index (κ1) is 19.3. The molecule has 8 nitrogen and oxygen atoms in total. The minimum absolute atomic E-state index is 0.0431. The molecular weight excluding hydrogens is 370 g/mol. The Bertz CT molecular complexity index is 961. The van der Waals surface area contributed by atoms with E-state index in [1.165, 1.54) is 16.4 Å². The number of benzene rings is 2. The van der Waals surface area contributed by atoms with E-state index in [1.54, 1.807) is 20.1 Å². The third-order valence-corrected chi connectivity index (χ3v) is 6.71. The molecule has 0 bridgehead atoms. The van der Waals surface area contributed by atoms with E-state index in [9.17, 15) is 18.5 Å². The Morgan fingerprint density at radius 3 is 2.70 bits per heavy atom. The van der Waals surface area contributed by atoms with Crippen LogP contribution in [0.3, 0.4) is 0 Å². The molecule has 0 amide bonds. The van der Waals surface area contributed by atoms with Gasteiger partial charge >= 0.3 is 0 Å². The van der Waals surface area contributed by atoms with E-state index >= 15 is 0 Å². The average molecular weight is 391 g/mol. The van der Waals surface area contributed by atoms with Crippen molar-refractivity contribution in [2.24, 2.45) is 0 Å². The van der Waals surface area contributed by atoms with Crippen molar-refractivity contribution in [1.82, 2.24) is 9.62 Å². The van der Waals surface area contributed by atoms with E-state index in [0.29, 0.717) is 24.4 Å². The molecule has 1 saturated heterocycles. The van der Waals surface area contributed by atoms with Gasteiger partial charge in [0.05, 0.1) is 23.0 Å². The quantitative estimate of drug-likeness (QED) is 0.620. The molecule has 1 N–H and O–H groups in total. The molecule has 0 aromatic heterocycles. The van der Waals surface area contributed by atoms with Crippen LogP contribution in [0.5, 0.6) is 5.75 Å². The van der Waals surface area contributed by atoms with E-state index < -0.39 is 21.0 Å². The number of rotatable bonds is 5. The largest absolute Gasteiger partial charge is 0.496 e. The second-order valence-electron chi connectivity index (χ2n) is 6.28. The van der Waals surface area contributed by atoms with Crippen LogP contribution in [0.15, 0.2) is 47.4 Å². The number of methoxy groups -OCH3 is 1. The normalized spacial score (nSPS) is 18.2. The van der Waals surface area contributed by atoms with Crippen LogP contribution in [0.1, 0.15) is 17.2 Å². The zero-order valence-electron chi connectivity index (χ0n) is 15.1. The van der Waals surface area contributed by atoms with Gasteiger partial charge in [0, 0.05) is 37.3 Å². The van der Waals surface area contributed by atoms with Crippen LogP contribution in [0, 0.1) is 17.0 Å². The van der Waals surface area contributed by atoms with Gasteiger partial charge in [0.15, 0.2) is 0 Å². The van der Waals surface area contributed by atoms with Crippen LogP contribution in [0.25, 0.3) is 0 Å². The van der Waals surface area contributed by atoms with E-state index in [4.69, 9.17) is 4.74 Å². The fourth-order valence-electron chi connectivity index (χ4n) is 3.29. The molecule has 2 aromatic carbocycles. The summed E-state index contributed by atoms with van der Waals surface area (Å²) in [7, 11) is -2.40. The minimum atomic E-state index is -3.94. The Hall–Kier alpha value is -2.49. The summed E-state index contributed by atoms with van der Waals surface area (Å²) in [6.45, 7) is 2.82. The number of nitrogens with one attached hydrogen (secondary N) is 1. The maximum atomic E-state index is 13.4. The van der Waals surface area contributed by atoms with Crippen molar-refractivity contribution >= 4 is 15.7 Å². The summed E-state index contributed by atoms with van der Waals surface area (Å²) in [5.74, 6) is 0.599. The maximum Gasteiger partial charge on any atom is 0.270 e. The highest BCUT2D eigenvalue weighted by atomic mass is 32.2. The zero-order valence-corrected chi connectivity index (χ0v) is 15.9. The molecule has 9 heteroatoms. The molecule has 0 saturated carbocycles. The van der Waals surface area contributed by atoms with Crippen molar-refractivity contribution < 1.29 is 18.1 Å². The van der Waals surface area contributed by atoms with Crippen LogP contribution < -0.4 is 10.1 Å². The van der Waals surface area contributed by atoms with Crippen molar-refractivity contribution in [1.29, 1.82) is 0 Å². The Kier molecular flexibility index (Phi) is 5.45. The first-order chi connectivity index (χ1) is 12.9. The fraction of sp³-hybridized carbons (Fsp3) is 0.333. The zero-order chi connectivity index (χ0) is 19.6. The third-order valence-electron chi connectivity index (χ3n) is 4.66. The molecule has 1 aliphatic heterocycles. The maximum absolute atomic E-state index is 13.4. The van der Waals surface area contributed by atoms with E-state index in [0.717, 1.165) is 11.6 Å². The number of nitro groups is 1. The molecule has 27 heavy (non-hydrogen) atoms. The number of piperazine rings is 1. The number of nitrogens with zero attached hydrogens (tertiary/aromatic N) is 2. The molecule has 3 rings (SSSR count). The van der Waals surface area contributed by atoms with Crippen molar-refractivity contribution in [3.05, 3.63) is 63.7 Å². The number of sulfonamides is 1. The molecule has 0 aliphatic carbocycles. The van der Waals surface area contributed by atoms with Gasteiger partial charge in [-0.25, -0.2) is 8.42 Å². The number of hydrogen-bond donors (Lipinski definition) is 1. The summed E-state index contributed by atoms with van der Waals surface area (Å²) in [6.07, 6.45) is 0. The van der Waals surface area contributed by atoms with Gasteiger partial charge in [-0.05, 0) is 18.6 Å². The molecule has 0 radical (unpaired) electrons. The average Bonchev–Trinajstić information content (AvgIpc) is 2.68. The fourth-order valence-corrected chi connectivity index (χ4v) is 5.14. The first-order valence-electron chi connectivity index (χ1n) is 8.47. The van der Waals surface area contributed by atoms with E-state index in [1.807, 2.05) is 18.2 Å². The van der Waals surface area contributed by atoms with Gasteiger partial charge in [0.25, 0.3) is 5.69 Å². The number of hydrogen-bond acceptors (Lipinski definition) is 6. The Morgan fingerprint density at radius 1 is 1.26 bits per heavy atom. The highest BCUT2D eigenvalue weighted by molar-refractivity contribution is 7.89. The topological polar surface area (TPSA) is 102 Å². The molecule has 1 aliphatic rings. The van der Waals surface area contributed by atoms with Gasteiger partial charge in [0.1, 0.15) is 5.75 Å².